The number of rotatable bonds is 25. The molecule has 4 aromatic rings. The van der Waals surface area contributed by atoms with Crippen LogP contribution in [0.5, 0.6) is 0 Å². The highest BCUT2D eigenvalue weighted by Gasteiger charge is 2.40. The summed E-state index contributed by atoms with van der Waals surface area (Å²) in [5.74, 6) is -22.8. The summed E-state index contributed by atoms with van der Waals surface area (Å²) in [4.78, 5) is 253. The number of hydrogen-bond donors (Lipinski definition) is 23. The summed E-state index contributed by atoms with van der Waals surface area (Å²) >= 11 is 0. The number of nitrogens with one attached hydrogen (secondary N) is 18. The maximum Gasteiger partial charge on any atom is 0.305 e. The van der Waals surface area contributed by atoms with Crippen LogP contribution < -0.4 is 91.6 Å². The van der Waals surface area contributed by atoms with E-state index in [1.165, 1.54) is 65.9 Å². The highest BCUT2D eigenvalue weighted by molar-refractivity contribution is 8.76. The molecule has 1 saturated heterocycles. The predicted octanol–water partition coefficient (Wildman–Crippen LogP) is -5.69. The average Bonchev–Trinajstić information content (AvgIpc) is 1.70. The summed E-state index contributed by atoms with van der Waals surface area (Å²) in [7, 11) is 1.76. The number of primary amides is 2. The number of imidazole rings is 2. The first-order chi connectivity index (χ1) is 52.9. The Morgan fingerprint density at radius 2 is 1.06 bits per heavy atom. The van der Waals surface area contributed by atoms with Crippen LogP contribution in [0.1, 0.15) is 110 Å². The fourth-order valence-electron chi connectivity index (χ4n) is 11.3. The van der Waals surface area contributed by atoms with Crippen LogP contribution in [-0.4, -0.2) is 239 Å². The Kier molecular flexibility index (Phi) is 36.2. The Morgan fingerprint density at radius 3 is 1.58 bits per heavy atom. The number of carboxylic acid groups (broad SMARTS) is 2. The SMILES string of the molecule is CC[C@H](C)[C@H](NC(C)=O)C(=O)N[C@H]1CSSC[C@H](C(N)=O)NC(=O)[C@@H](CCCNC(=N)N)NC(=O)[C@H](Cc2cnc[nH]2)NC(=O)[C@@H](Cc2cnc[nH]2)NC(=O)CNC(=O)[C@@H](Cc2c[nH]c3ccccc23)NC(=O)[C@H](CC(=O)O)NC(=O)[C@H](CC(=O)O)NC(=O)[C@H](CCC(N)=O)NC(=O)[C@@H](C(C)C)NC(=O)[C@H](C(C)C)NC1=O. The number of hydrogen-bond acceptors (Lipinski definition) is 22. The van der Waals surface area contributed by atoms with Crippen molar-refractivity contribution in [1.29, 1.82) is 5.41 Å². The van der Waals surface area contributed by atoms with E-state index in [0.717, 1.165) is 21.6 Å². The van der Waals surface area contributed by atoms with Crippen molar-refractivity contribution in [3.05, 3.63) is 72.5 Å². The first-order valence-corrected chi connectivity index (χ1v) is 38.1. The van der Waals surface area contributed by atoms with Gasteiger partial charge in [-0.1, -0.05) is 87.8 Å². The molecule has 0 radical (unpaired) electrons. The van der Waals surface area contributed by atoms with Gasteiger partial charge in [0.1, 0.15) is 72.5 Å². The number of carbonyl (C=O) groups excluding carboxylic acids is 15. The standard InChI is InChI=1S/C68H99N23O19S2/c1-8-33(6)55(80-34(7)92)67(110)89-48-28-112-111-27-47(56(70)99)88-58(101)40(14-11-17-75-68(71)72)82-61(104)44(20-37-25-74-30-79-37)85-60(103)43(19-36-24-73-29-78-36)81-50(94)26-77-57(100)42(18-35-23-76-39-13-10-9-12-38(35)39)84-62(105)46(22-52(97)98)87-63(106)45(21-51(95)96)86-59(102)41(15-16-49(69)93)83-65(108)53(31(2)3)91-66(109)54(32(4)5)90-64(48)107/h9-10,12-13,23-25,29-33,40-48,53-55,76H,8,11,14-22,26-28H2,1-7H3,(H2,69,93)(H2,70,99)(H,73,78)(H,74,79)(H,77,100)(H,80,92)(H,81,94)(H,82,104)(H,83,108)(H,84,105)(H,85,103)(H,86,102)(H,87,106)(H,88,101)(H,89,110)(H,90,107)(H,91,109)(H,95,96)(H,97,98)(H4,71,72,75)/t33-,40+,41-,42+,43+,44-,45-,46-,47+,48-,53+,54-,55-/m0/s1. The molecule has 5 rings (SSSR count). The number of carbonyl (C=O) groups is 17. The molecule has 3 aromatic heterocycles. The molecular weight excluding hydrogens is 1510 g/mol. The zero-order valence-electron chi connectivity index (χ0n) is 62.5. The summed E-state index contributed by atoms with van der Waals surface area (Å²) in [5.41, 5.74) is 18.3. The molecular formula is C68H99N23O19S2. The summed E-state index contributed by atoms with van der Waals surface area (Å²) in [5, 5.41) is 63.0. The first kappa shape index (κ1) is 90.8. The lowest BCUT2D eigenvalue weighted by Gasteiger charge is -2.30. The van der Waals surface area contributed by atoms with Crippen molar-refractivity contribution in [3.63, 3.8) is 0 Å². The van der Waals surface area contributed by atoms with Crippen LogP contribution >= 0.6 is 21.6 Å². The van der Waals surface area contributed by atoms with E-state index in [4.69, 9.17) is 22.6 Å². The fraction of sp³-hybridized carbons (Fsp3) is 0.529. The van der Waals surface area contributed by atoms with Crippen LogP contribution in [0.15, 0.2) is 55.5 Å². The molecule has 0 spiro atoms. The lowest BCUT2D eigenvalue weighted by atomic mass is 9.97. The van der Waals surface area contributed by atoms with E-state index < -0.39 is 235 Å². The van der Waals surface area contributed by atoms with E-state index in [2.05, 4.69) is 99.4 Å². The number of amides is 15. The van der Waals surface area contributed by atoms with E-state index in [9.17, 15) is 91.7 Å². The Hall–Kier alpha value is -11.9. The normalized spacial score (nSPS) is 23.2. The van der Waals surface area contributed by atoms with Crippen LogP contribution in [0.4, 0.5) is 0 Å². The first-order valence-electron chi connectivity index (χ1n) is 35.7. The molecule has 0 bridgehead atoms. The lowest BCUT2D eigenvalue weighted by molar-refractivity contribution is -0.143. The molecule has 1 fully saturated rings. The summed E-state index contributed by atoms with van der Waals surface area (Å²) in [6.07, 6.45) is 2.01. The van der Waals surface area contributed by atoms with Crippen LogP contribution in [0.25, 0.3) is 10.9 Å². The largest absolute Gasteiger partial charge is 0.481 e. The second-order valence-corrected chi connectivity index (χ2v) is 29.7. The maximum atomic E-state index is 14.7. The Bertz CT molecular complexity index is 4010. The van der Waals surface area contributed by atoms with Crippen molar-refractivity contribution < 1.29 is 91.7 Å². The zero-order valence-corrected chi connectivity index (χ0v) is 64.2. The predicted molar refractivity (Wildman–Crippen MR) is 404 cm³/mol. The monoisotopic (exact) mass is 1610 g/mol. The third kappa shape index (κ3) is 29.8. The average molecular weight is 1610 g/mol. The number of carboxylic acids is 2. The molecule has 0 saturated carbocycles. The van der Waals surface area contributed by atoms with Crippen molar-refractivity contribution in [2.24, 2.45) is 35.0 Å². The van der Waals surface area contributed by atoms with E-state index >= 15 is 0 Å². The zero-order chi connectivity index (χ0) is 83.1. The van der Waals surface area contributed by atoms with Crippen molar-refractivity contribution in [2.75, 3.05) is 24.6 Å². The number of H-pyrrole nitrogens is 3. The minimum Gasteiger partial charge on any atom is -0.481 e. The molecule has 26 N–H and O–H groups in total. The molecule has 0 aliphatic carbocycles. The number of aliphatic carboxylic acids is 2. The van der Waals surface area contributed by atoms with Crippen LogP contribution in [0.2, 0.25) is 0 Å². The summed E-state index contributed by atoms with van der Waals surface area (Å²) < 4.78 is 0. The second kappa shape index (κ2) is 44.7. The van der Waals surface area contributed by atoms with Gasteiger partial charge in [-0.25, -0.2) is 9.97 Å². The number of aromatic nitrogens is 5. The molecule has 1 aromatic carbocycles. The van der Waals surface area contributed by atoms with Gasteiger partial charge in [0.25, 0.3) is 0 Å². The number of nitrogens with two attached hydrogens (primary N) is 3. The molecule has 1 aliphatic heterocycles. The molecule has 44 heteroatoms. The van der Waals surface area contributed by atoms with Gasteiger partial charge in [0, 0.05) is 91.5 Å². The van der Waals surface area contributed by atoms with Crippen LogP contribution in [0.3, 0.4) is 0 Å². The lowest BCUT2D eigenvalue weighted by Crippen LogP contribution is -2.62. The van der Waals surface area contributed by atoms with Gasteiger partial charge in [-0.3, -0.25) is 86.9 Å². The smallest absolute Gasteiger partial charge is 0.305 e. The molecule has 13 atom stereocenters. The third-order valence-corrected chi connectivity index (χ3v) is 20.0. The Labute approximate surface area is 649 Å². The van der Waals surface area contributed by atoms with Gasteiger partial charge < -0.3 is 117 Å². The number of fused-ring (bicyclic) bond motifs is 1. The number of guanidine groups is 1. The number of aromatic amines is 3. The van der Waals surface area contributed by atoms with Gasteiger partial charge >= 0.3 is 11.9 Å². The number of para-hydroxylation sites is 1. The Morgan fingerprint density at radius 1 is 0.580 bits per heavy atom. The van der Waals surface area contributed by atoms with Crippen LogP contribution in [0, 0.1) is 23.2 Å². The van der Waals surface area contributed by atoms with Crippen molar-refractivity contribution in [3.8, 4) is 0 Å². The van der Waals surface area contributed by atoms with Gasteiger partial charge in [-0.05, 0) is 48.6 Å². The Balaban J connectivity index is 1.63. The topological polar surface area (TPSA) is 674 Å². The highest BCUT2D eigenvalue weighted by atomic mass is 33.1. The van der Waals surface area contributed by atoms with E-state index in [0.29, 0.717) is 22.9 Å². The molecule has 42 nitrogen and oxygen atoms in total. The molecule has 15 amide bonds. The minimum atomic E-state index is -2.21. The molecule has 0 unspecified atom stereocenters. The van der Waals surface area contributed by atoms with Crippen molar-refractivity contribution in [1.82, 2.24) is 99.4 Å². The van der Waals surface area contributed by atoms with Gasteiger partial charge in [-0.15, -0.1) is 0 Å². The molecule has 4 heterocycles. The molecule has 612 valence electrons. The van der Waals surface area contributed by atoms with E-state index in [1.807, 2.05) is 0 Å². The van der Waals surface area contributed by atoms with E-state index in [1.54, 1.807) is 38.1 Å². The number of benzene rings is 1. The number of nitrogens with zero attached hydrogens (tertiary/aromatic N) is 2. The van der Waals surface area contributed by atoms with Gasteiger partial charge in [0.2, 0.25) is 88.6 Å². The van der Waals surface area contributed by atoms with Crippen molar-refractivity contribution in [2.45, 2.75) is 185 Å². The summed E-state index contributed by atoms with van der Waals surface area (Å²) in [6, 6.07) is -13.5. The van der Waals surface area contributed by atoms with Crippen molar-refractivity contribution >= 4 is 139 Å². The maximum absolute atomic E-state index is 14.7. The quantitative estimate of drug-likeness (QED) is 0.0127. The van der Waals surface area contributed by atoms with Gasteiger partial charge in [0.05, 0.1) is 32.0 Å². The van der Waals surface area contributed by atoms with Gasteiger partial charge in [-0.2, -0.15) is 0 Å². The highest BCUT2D eigenvalue weighted by Crippen LogP contribution is 2.25. The minimum absolute atomic E-state index is 0.0104. The van der Waals surface area contributed by atoms with Crippen LogP contribution in [-0.2, 0) is 101 Å². The fourth-order valence-corrected chi connectivity index (χ4v) is 13.6. The van der Waals surface area contributed by atoms with E-state index in [-0.39, 0.29) is 55.1 Å². The second-order valence-electron chi connectivity index (χ2n) is 27.1. The molecule has 112 heavy (non-hydrogen) atoms. The van der Waals surface area contributed by atoms with Gasteiger partial charge in [0.15, 0.2) is 5.96 Å². The molecule has 1 aliphatic rings. The third-order valence-electron chi connectivity index (χ3n) is 17.5. The summed E-state index contributed by atoms with van der Waals surface area (Å²) in [6.45, 7) is 9.63.